The van der Waals surface area contributed by atoms with Gasteiger partial charge in [-0.1, -0.05) is 12.1 Å². The van der Waals surface area contributed by atoms with Gasteiger partial charge in [-0.2, -0.15) is 13.9 Å². The van der Waals surface area contributed by atoms with Gasteiger partial charge in [0.1, 0.15) is 17.2 Å². The number of nitrogens with one attached hydrogen (secondary N) is 1. The third kappa shape index (κ3) is 3.84. The largest absolute Gasteiger partial charge is 0.384 e. The van der Waals surface area contributed by atoms with Gasteiger partial charge in [0.2, 0.25) is 0 Å². The number of alkyl halides is 2. The summed E-state index contributed by atoms with van der Waals surface area (Å²) >= 11 is 0. The molecule has 0 radical (unpaired) electrons. The Morgan fingerprint density at radius 3 is 2.56 bits per heavy atom. The van der Waals surface area contributed by atoms with Crippen LogP contribution in [-0.2, 0) is 17.2 Å². The molecule has 1 aromatic carbocycles. The molecule has 0 amide bonds. The van der Waals surface area contributed by atoms with Gasteiger partial charge >= 0.3 is 5.92 Å². The van der Waals surface area contributed by atoms with Crippen LogP contribution in [0.3, 0.4) is 0 Å². The molecule has 2 bridgehead atoms. The zero-order valence-corrected chi connectivity index (χ0v) is 19.1. The highest BCUT2D eigenvalue weighted by Crippen LogP contribution is 2.40. The summed E-state index contributed by atoms with van der Waals surface area (Å²) in [5.41, 5.74) is -2.54. The second-order valence-electron chi connectivity index (χ2n) is 9.51. The predicted molar refractivity (Wildman–Crippen MR) is 121 cm³/mol. The molecule has 34 heavy (non-hydrogen) atoms. The van der Waals surface area contributed by atoms with Crippen molar-refractivity contribution in [2.75, 3.05) is 23.3 Å². The Morgan fingerprint density at radius 2 is 1.88 bits per heavy atom. The summed E-state index contributed by atoms with van der Waals surface area (Å²) in [6.07, 6.45) is 3.26. The average Bonchev–Trinajstić information content (AvgIpc) is 2.78. The molecule has 7 nitrogen and oxygen atoms in total. The molecule has 2 N–H and O–H groups in total. The van der Waals surface area contributed by atoms with E-state index >= 15 is 4.39 Å². The Balaban J connectivity index is 1.44. The molecule has 10 heteroatoms. The number of morpholine rings is 1. The summed E-state index contributed by atoms with van der Waals surface area (Å²) in [5, 5.41) is 22.8. The van der Waals surface area contributed by atoms with Crippen LogP contribution >= 0.6 is 0 Å². The zero-order chi connectivity index (χ0) is 24.3. The van der Waals surface area contributed by atoms with E-state index < -0.39 is 22.9 Å². The van der Waals surface area contributed by atoms with Crippen molar-refractivity contribution in [1.82, 2.24) is 15.2 Å². The smallest absolute Gasteiger partial charge is 0.303 e. The highest BCUT2D eigenvalue weighted by molar-refractivity contribution is 5.94. The number of fused-ring (bicyclic) bond motifs is 3. The van der Waals surface area contributed by atoms with Crippen molar-refractivity contribution in [3.05, 3.63) is 53.1 Å². The molecule has 180 valence electrons. The first-order valence-electron chi connectivity index (χ1n) is 11.2. The topological polar surface area (TPSA) is 83.4 Å². The molecule has 2 aromatic heterocycles. The lowest BCUT2D eigenvalue weighted by atomic mass is 9.92. The van der Waals surface area contributed by atoms with Crippen LogP contribution in [0.2, 0.25) is 0 Å². The van der Waals surface area contributed by atoms with Gasteiger partial charge in [-0.15, -0.1) is 5.10 Å². The fourth-order valence-corrected chi connectivity index (χ4v) is 4.47. The molecule has 3 aliphatic heterocycles. The van der Waals surface area contributed by atoms with E-state index in [1.54, 1.807) is 6.20 Å². The zero-order valence-electron chi connectivity index (χ0n) is 19.1. The molecule has 3 saturated heterocycles. The second kappa shape index (κ2) is 8.06. The van der Waals surface area contributed by atoms with Crippen molar-refractivity contribution in [1.29, 1.82) is 0 Å². The summed E-state index contributed by atoms with van der Waals surface area (Å²) < 4.78 is 50.0. The summed E-state index contributed by atoms with van der Waals surface area (Å²) in [5.74, 6) is -3.63. The number of nitrogens with zero attached hydrogens (tertiary/aromatic N) is 4. The molecule has 2 unspecified atom stereocenters. The van der Waals surface area contributed by atoms with E-state index in [1.165, 1.54) is 12.1 Å². The number of aromatic nitrogens is 3. The van der Waals surface area contributed by atoms with Crippen LogP contribution in [0.1, 0.15) is 37.1 Å². The maximum atomic E-state index is 15.0. The Hall–Kier alpha value is -2.98. The van der Waals surface area contributed by atoms with Gasteiger partial charge in [0.15, 0.2) is 5.82 Å². The van der Waals surface area contributed by atoms with Crippen LogP contribution in [0.25, 0.3) is 10.8 Å². The minimum absolute atomic E-state index is 0.0273. The van der Waals surface area contributed by atoms with Gasteiger partial charge in [0, 0.05) is 48.6 Å². The van der Waals surface area contributed by atoms with Gasteiger partial charge in [-0.05, 0) is 32.9 Å². The Labute approximate surface area is 195 Å². The molecule has 3 aromatic rings. The van der Waals surface area contributed by atoms with E-state index in [-0.39, 0.29) is 24.3 Å². The van der Waals surface area contributed by atoms with E-state index in [0.717, 1.165) is 56.0 Å². The Kier molecular flexibility index (Phi) is 5.40. The molecule has 3 fully saturated rings. The second-order valence-corrected chi connectivity index (χ2v) is 9.51. The number of rotatable bonds is 6. The number of halogens is 3. The standard InChI is InChI=1S/C24H26F3N5O2/c1-13-18-10-28-20(32-11-15-7-16(12-32)34-15)8-17(18)22(31-30-13)29-9-14-5-4-6-19(21(14)25)24(26,27)23(2,3)33/h4-6,8,10,15-16,33H,7,9,11-12H2,1-3H3,(H,29,31). The van der Waals surface area contributed by atoms with Crippen molar-refractivity contribution in [2.45, 2.75) is 57.5 Å². The quantitative estimate of drug-likeness (QED) is 0.561. The Bertz CT molecular complexity index is 1230. The van der Waals surface area contributed by atoms with Crippen LogP contribution in [0.4, 0.5) is 24.8 Å². The third-order valence-corrected chi connectivity index (χ3v) is 6.55. The molecule has 0 aliphatic carbocycles. The van der Waals surface area contributed by atoms with Crippen LogP contribution in [0, 0.1) is 12.7 Å². The van der Waals surface area contributed by atoms with Crippen LogP contribution in [-0.4, -0.2) is 51.2 Å². The van der Waals surface area contributed by atoms with Gasteiger partial charge in [-0.25, -0.2) is 9.37 Å². The Morgan fingerprint density at radius 1 is 1.18 bits per heavy atom. The van der Waals surface area contributed by atoms with E-state index in [1.807, 2.05) is 13.0 Å². The first kappa shape index (κ1) is 22.8. The van der Waals surface area contributed by atoms with Gasteiger partial charge < -0.3 is 20.1 Å². The molecule has 0 spiro atoms. The number of ether oxygens (including phenoxy) is 1. The lowest BCUT2D eigenvalue weighted by Gasteiger charge is -2.47. The molecule has 2 atom stereocenters. The van der Waals surface area contributed by atoms with E-state index in [2.05, 4.69) is 25.4 Å². The molecule has 5 heterocycles. The number of aryl methyl sites for hydroxylation is 1. The molecular formula is C24H26F3N5O2. The lowest BCUT2D eigenvalue weighted by Crippen LogP contribution is -2.57. The van der Waals surface area contributed by atoms with Crippen LogP contribution < -0.4 is 10.2 Å². The molecule has 6 rings (SSSR count). The van der Waals surface area contributed by atoms with E-state index in [0.29, 0.717) is 11.5 Å². The molecule has 3 aliphatic rings. The maximum absolute atomic E-state index is 15.0. The number of anilines is 2. The lowest BCUT2D eigenvalue weighted by molar-refractivity contribution is -0.170. The number of aliphatic hydroxyl groups is 1. The number of pyridine rings is 1. The van der Waals surface area contributed by atoms with Gasteiger partial charge in [0.25, 0.3) is 0 Å². The number of benzene rings is 1. The van der Waals surface area contributed by atoms with Crippen molar-refractivity contribution < 1.29 is 23.0 Å². The minimum Gasteiger partial charge on any atom is -0.384 e. The van der Waals surface area contributed by atoms with Crippen molar-refractivity contribution in [3.63, 3.8) is 0 Å². The highest BCUT2D eigenvalue weighted by atomic mass is 19.3. The maximum Gasteiger partial charge on any atom is 0.303 e. The third-order valence-electron chi connectivity index (χ3n) is 6.55. The van der Waals surface area contributed by atoms with Gasteiger partial charge in [0.05, 0.1) is 23.5 Å². The summed E-state index contributed by atoms with van der Waals surface area (Å²) in [6.45, 7) is 5.18. The average molecular weight is 473 g/mol. The normalized spacial score (nSPS) is 20.4. The predicted octanol–water partition coefficient (Wildman–Crippen LogP) is 3.92. The first-order chi connectivity index (χ1) is 16.0. The van der Waals surface area contributed by atoms with Crippen LogP contribution in [0.15, 0.2) is 30.5 Å². The van der Waals surface area contributed by atoms with Crippen molar-refractivity contribution in [2.24, 2.45) is 0 Å². The summed E-state index contributed by atoms with van der Waals surface area (Å²) in [6, 6.07) is 5.67. The van der Waals surface area contributed by atoms with Crippen molar-refractivity contribution >= 4 is 22.4 Å². The highest BCUT2D eigenvalue weighted by Gasteiger charge is 2.49. The first-order valence-corrected chi connectivity index (χ1v) is 11.2. The fourth-order valence-electron chi connectivity index (χ4n) is 4.47. The monoisotopic (exact) mass is 473 g/mol. The SMILES string of the molecule is Cc1nnc(NCc2cccc(C(F)(F)C(C)(C)O)c2F)c2cc(N3CC4CC(C3)O4)ncc12. The van der Waals surface area contributed by atoms with E-state index in [4.69, 9.17) is 4.74 Å². The van der Waals surface area contributed by atoms with Gasteiger partial charge in [-0.3, -0.25) is 0 Å². The summed E-state index contributed by atoms with van der Waals surface area (Å²) in [4.78, 5) is 6.76. The number of hydrogen-bond acceptors (Lipinski definition) is 7. The minimum atomic E-state index is -3.76. The van der Waals surface area contributed by atoms with E-state index in [9.17, 15) is 13.9 Å². The summed E-state index contributed by atoms with van der Waals surface area (Å²) in [7, 11) is 0. The van der Waals surface area contributed by atoms with Crippen LogP contribution in [0.5, 0.6) is 0 Å². The number of hydrogen-bond donors (Lipinski definition) is 2. The number of piperidine rings is 1. The van der Waals surface area contributed by atoms with Crippen molar-refractivity contribution in [3.8, 4) is 0 Å². The fraction of sp³-hybridized carbons (Fsp3) is 0.458. The molecule has 0 saturated carbocycles. The molecular weight excluding hydrogens is 447 g/mol.